The second-order valence-electron chi connectivity index (χ2n) is 8.31. The predicted molar refractivity (Wildman–Crippen MR) is 134 cm³/mol. The molecule has 4 rings (SSSR count). The summed E-state index contributed by atoms with van der Waals surface area (Å²) >= 11 is 0. The first-order valence-electron chi connectivity index (χ1n) is 11.4. The Morgan fingerprint density at radius 1 is 1.00 bits per heavy atom. The SMILES string of the molecule is COCc1cccc(-c2cnc3ccc(NC(=O)NC(C)CCCc4ccccc4)nc3n2)c1. The highest BCUT2D eigenvalue weighted by atomic mass is 16.5. The van der Waals surface area contributed by atoms with Crippen LogP contribution in [0.1, 0.15) is 30.9 Å². The number of carbonyl (C=O) groups excluding carboxylic acids is 1. The van der Waals surface area contributed by atoms with Gasteiger partial charge in [-0.2, -0.15) is 0 Å². The summed E-state index contributed by atoms with van der Waals surface area (Å²) in [5.41, 5.74) is 5.16. The van der Waals surface area contributed by atoms with Crippen LogP contribution in [0.2, 0.25) is 0 Å². The molecular weight excluding hydrogens is 426 g/mol. The van der Waals surface area contributed by atoms with Gasteiger partial charge in [0, 0.05) is 18.7 Å². The van der Waals surface area contributed by atoms with Gasteiger partial charge in [0.05, 0.1) is 18.5 Å². The average Bonchev–Trinajstić information content (AvgIpc) is 2.84. The Balaban J connectivity index is 1.37. The van der Waals surface area contributed by atoms with Crippen LogP contribution < -0.4 is 10.6 Å². The molecule has 0 saturated carbocycles. The van der Waals surface area contributed by atoms with E-state index in [9.17, 15) is 4.79 Å². The summed E-state index contributed by atoms with van der Waals surface area (Å²) in [6.07, 6.45) is 4.62. The number of methoxy groups -OCH3 is 1. The first kappa shape index (κ1) is 23.3. The van der Waals surface area contributed by atoms with Crippen molar-refractivity contribution in [3.05, 3.63) is 84.1 Å². The Hall–Kier alpha value is -3.84. The molecule has 0 aliphatic heterocycles. The number of anilines is 1. The number of fused-ring (bicyclic) bond motifs is 1. The monoisotopic (exact) mass is 455 g/mol. The molecule has 2 amide bonds. The molecule has 1 unspecified atom stereocenters. The first-order chi connectivity index (χ1) is 16.6. The number of pyridine rings is 1. The van der Waals surface area contributed by atoms with Gasteiger partial charge < -0.3 is 10.1 Å². The zero-order valence-electron chi connectivity index (χ0n) is 19.5. The molecule has 0 spiro atoms. The van der Waals surface area contributed by atoms with E-state index in [1.807, 2.05) is 49.4 Å². The van der Waals surface area contributed by atoms with E-state index >= 15 is 0 Å². The summed E-state index contributed by atoms with van der Waals surface area (Å²) in [7, 11) is 1.67. The highest BCUT2D eigenvalue weighted by Gasteiger charge is 2.10. The topological polar surface area (TPSA) is 89.0 Å². The highest BCUT2D eigenvalue weighted by molar-refractivity contribution is 5.89. The molecule has 0 aliphatic carbocycles. The zero-order valence-corrected chi connectivity index (χ0v) is 19.5. The fraction of sp³-hybridized carbons (Fsp3) is 0.259. The summed E-state index contributed by atoms with van der Waals surface area (Å²) in [6, 6.07) is 21.6. The normalized spacial score (nSPS) is 11.8. The van der Waals surface area contributed by atoms with Crippen molar-refractivity contribution in [2.45, 2.75) is 38.8 Å². The van der Waals surface area contributed by atoms with Crippen molar-refractivity contribution in [2.24, 2.45) is 0 Å². The Morgan fingerprint density at radius 3 is 2.65 bits per heavy atom. The lowest BCUT2D eigenvalue weighted by Gasteiger charge is -2.14. The molecule has 7 nitrogen and oxygen atoms in total. The smallest absolute Gasteiger partial charge is 0.320 e. The number of nitrogens with zero attached hydrogens (tertiary/aromatic N) is 3. The zero-order chi connectivity index (χ0) is 23.8. The molecule has 2 N–H and O–H groups in total. The van der Waals surface area contributed by atoms with Gasteiger partial charge in [-0.15, -0.1) is 0 Å². The van der Waals surface area contributed by atoms with Crippen LogP contribution in [0.15, 0.2) is 72.9 Å². The molecule has 2 aromatic carbocycles. The van der Waals surface area contributed by atoms with E-state index in [0.29, 0.717) is 29.3 Å². The summed E-state index contributed by atoms with van der Waals surface area (Å²) in [4.78, 5) is 26.1. The fourth-order valence-corrected chi connectivity index (χ4v) is 3.80. The molecule has 2 aromatic heterocycles. The van der Waals surface area contributed by atoms with Gasteiger partial charge >= 0.3 is 6.03 Å². The Bertz CT molecular complexity index is 1250. The van der Waals surface area contributed by atoms with Crippen molar-refractivity contribution in [1.82, 2.24) is 20.3 Å². The molecule has 0 aliphatic rings. The largest absolute Gasteiger partial charge is 0.380 e. The van der Waals surface area contributed by atoms with Crippen LogP contribution in [0, 0.1) is 0 Å². The molecule has 7 heteroatoms. The minimum atomic E-state index is -0.282. The van der Waals surface area contributed by atoms with E-state index < -0.39 is 0 Å². The van der Waals surface area contributed by atoms with Crippen molar-refractivity contribution >= 4 is 23.0 Å². The Kier molecular flexibility index (Phi) is 7.78. The van der Waals surface area contributed by atoms with E-state index in [4.69, 9.17) is 4.74 Å². The molecule has 0 saturated heterocycles. The van der Waals surface area contributed by atoms with Crippen molar-refractivity contribution in [3.8, 4) is 11.3 Å². The first-order valence-corrected chi connectivity index (χ1v) is 11.4. The van der Waals surface area contributed by atoms with Gasteiger partial charge in [-0.3, -0.25) is 10.3 Å². The van der Waals surface area contributed by atoms with Gasteiger partial charge in [-0.1, -0.05) is 48.5 Å². The van der Waals surface area contributed by atoms with Gasteiger partial charge in [0.25, 0.3) is 0 Å². The minimum Gasteiger partial charge on any atom is -0.380 e. The van der Waals surface area contributed by atoms with Gasteiger partial charge in [0.15, 0.2) is 5.65 Å². The molecule has 0 radical (unpaired) electrons. The second-order valence-corrected chi connectivity index (χ2v) is 8.31. The maximum Gasteiger partial charge on any atom is 0.320 e. The van der Waals surface area contributed by atoms with Gasteiger partial charge in [-0.25, -0.2) is 14.8 Å². The van der Waals surface area contributed by atoms with Crippen molar-refractivity contribution in [2.75, 3.05) is 12.4 Å². The molecule has 1 atom stereocenters. The summed E-state index contributed by atoms with van der Waals surface area (Å²) in [5, 5.41) is 5.79. The fourth-order valence-electron chi connectivity index (χ4n) is 3.80. The lowest BCUT2D eigenvalue weighted by molar-refractivity contribution is 0.185. The van der Waals surface area contributed by atoms with Crippen LogP contribution >= 0.6 is 0 Å². The third kappa shape index (κ3) is 6.36. The summed E-state index contributed by atoms with van der Waals surface area (Å²) < 4.78 is 5.22. The Labute approximate surface area is 199 Å². The average molecular weight is 456 g/mol. The molecular formula is C27H29N5O2. The number of hydrogen-bond acceptors (Lipinski definition) is 5. The highest BCUT2D eigenvalue weighted by Crippen LogP contribution is 2.21. The minimum absolute atomic E-state index is 0.0509. The number of hydrogen-bond donors (Lipinski definition) is 2. The van der Waals surface area contributed by atoms with E-state index in [0.717, 1.165) is 30.4 Å². The maximum absolute atomic E-state index is 12.5. The number of rotatable bonds is 9. The van der Waals surface area contributed by atoms with Crippen LogP contribution in [-0.2, 0) is 17.8 Å². The number of aromatic nitrogens is 3. The Morgan fingerprint density at radius 2 is 1.82 bits per heavy atom. The molecule has 34 heavy (non-hydrogen) atoms. The number of ether oxygens (including phenoxy) is 1. The quantitative estimate of drug-likeness (QED) is 0.354. The van der Waals surface area contributed by atoms with E-state index in [1.165, 1.54) is 5.56 Å². The van der Waals surface area contributed by atoms with Crippen molar-refractivity contribution in [1.29, 1.82) is 0 Å². The van der Waals surface area contributed by atoms with Gasteiger partial charge in [0.2, 0.25) is 0 Å². The van der Waals surface area contributed by atoms with E-state index in [1.54, 1.807) is 25.4 Å². The molecule has 174 valence electrons. The van der Waals surface area contributed by atoms with Crippen LogP contribution in [-0.4, -0.2) is 34.1 Å². The van der Waals surface area contributed by atoms with E-state index in [2.05, 4.69) is 37.7 Å². The number of amides is 2. The molecule has 4 aromatic rings. The molecule has 0 bridgehead atoms. The summed E-state index contributed by atoms with van der Waals surface area (Å²) in [5.74, 6) is 0.432. The van der Waals surface area contributed by atoms with Crippen LogP contribution in [0.3, 0.4) is 0 Å². The van der Waals surface area contributed by atoms with Gasteiger partial charge in [0.1, 0.15) is 11.3 Å². The second kappa shape index (κ2) is 11.3. The van der Waals surface area contributed by atoms with Crippen molar-refractivity contribution < 1.29 is 9.53 Å². The standard InChI is InChI=1S/C27H29N5O2/c1-19(8-6-11-20-9-4-3-5-10-20)29-27(33)32-25-15-14-23-26(31-25)30-24(17-28-23)22-13-7-12-21(16-22)18-34-2/h3-5,7,9-10,12-17,19H,6,8,11,18H2,1-2H3,(H2,29,30,31,32,33). The number of urea groups is 1. The molecule has 2 heterocycles. The maximum atomic E-state index is 12.5. The number of nitrogens with one attached hydrogen (secondary N) is 2. The lowest BCUT2D eigenvalue weighted by atomic mass is 10.1. The molecule has 0 fully saturated rings. The predicted octanol–water partition coefficient (Wildman–Crippen LogP) is 5.37. The van der Waals surface area contributed by atoms with Gasteiger partial charge in [-0.05, 0) is 55.5 Å². The van der Waals surface area contributed by atoms with Crippen LogP contribution in [0.4, 0.5) is 10.6 Å². The number of aryl methyl sites for hydroxylation is 1. The number of carbonyl (C=O) groups is 1. The van der Waals surface area contributed by atoms with Crippen LogP contribution in [0.25, 0.3) is 22.4 Å². The lowest BCUT2D eigenvalue weighted by Crippen LogP contribution is -2.36. The third-order valence-electron chi connectivity index (χ3n) is 5.51. The van der Waals surface area contributed by atoms with Crippen LogP contribution in [0.5, 0.6) is 0 Å². The third-order valence-corrected chi connectivity index (χ3v) is 5.51. The number of benzene rings is 2. The van der Waals surface area contributed by atoms with E-state index in [-0.39, 0.29) is 12.1 Å². The van der Waals surface area contributed by atoms with Crippen molar-refractivity contribution in [3.63, 3.8) is 0 Å². The summed E-state index contributed by atoms with van der Waals surface area (Å²) in [6.45, 7) is 2.54.